The van der Waals surface area contributed by atoms with Crippen molar-refractivity contribution in [3.63, 3.8) is 0 Å². The second-order valence-corrected chi connectivity index (χ2v) is 7.00. The normalized spacial score (nSPS) is 12.0. The maximum Gasteiger partial charge on any atom is 0.145 e. The van der Waals surface area contributed by atoms with Crippen molar-refractivity contribution in [2.24, 2.45) is 5.41 Å². The van der Waals surface area contributed by atoms with Gasteiger partial charge in [0.05, 0.1) is 29.0 Å². The van der Waals surface area contributed by atoms with Crippen molar-refractivity contribution in [3.8, 4) is 0 Å². The summed E-state index contributed by atoms with van der Waals surface area (Å²) in [5, 5.41) is 11.4. The lowest BCUT2D eigenvalue weighted by atomic mass is 9.89. The van der Waals surface area contributed by atoms with E-state index in [4.69, 9.17) is 0 Å². The highest BCUT2D eigenvalue weighted by Gasteiger charge is 2.23. The summed E-state index contributed by atoms with van der Waals surface area (Å²) in [5.74, 6) is 0.603. The van der Waals surface area contributed by atoms with Crippen molar-refractivity contribution in [2.75, 3.05) is 0 Å². The Balaban J connectivity index is 2.14. The summed E-state index contributed by atoms with van der Waals surface area (Å²) >= 11 is 0. The molecule has 124 valence electrons. The number of carbonyl (C=O) groups is 2. The molecule has 0 amide bonds. The molecule has 0 spiro atoms. The first-order chi connectivity index (χ1) is 11.3. The zero-order valence-electron chi connectivity index (χ0n) is 14.2. The Morgan fingerprint density at radius 1 is 1.12 bits per heavy atom. The van der Waals surface area contributed by atoms with E-state index in [0.717, 1.165) is 10.9 Å². The molecule has 0 atom stereocenters. The van der Waals surface area contributed by atoms with E-state index in [-0.39, 0.29) is 24.4 Å². The zero-order valence-corrected chi connectivity index (χ0v) is 14.2. The van der Waals surface area contributed by atoms with E-state index in [9.17, 15) is 9.59 Å². The molecule has 3 rings (SSSR count). The van der Waals surface area contributed by atoms with Crippen LogP contribution >= 0.6 is 0 Å². The Hall–Kier alpha value is -2.70. The standard InChI is InChI=1S/C17H19N5O2/c1-9(23)5-10-6-12-16(11-8-18-22-21-15(10)11)20-14(19-12)7-13(24)17(2,3)4/h6,8,22H,5,7H2,1-4H3. The number of carbonyl (C=O) groups excluding carboxylic acids is 2. The molecule has 0 aliphatic rings. The number of ketones is 2. The lowest BCUT2D eigenvalue weighted by Gasteiger charge is -2.14. The number of hydrogen-bond donors (Lipinski definition) is 1. The van der Waals surface area contributed by atoms with E-state index in [1.165, 1.54) is 6.92 Å². The average Bonchev–Trinajstić information content (AvgIpc) is 2.88. The number of fused-ring (bicyclic) bond motifs is 3. The van der Waals surface area contributed by atoms with Gasteiger partial charge >= 0.3 is 0 Å². The van der Waals surface area contributed by atoms with Gasteiger partial charge in [-0.25, -0.2) is 9.97 Å². The van der Waals surface area contributed by atoms with Crippen LogP contribution < -0.4 is 0 Å². The molecule has 7 heteroatoms. The fourth-order valence-electron chi connectivity index (χ4n) is 2.54. The Labute approximate surface area is 138 Å². The molecule has 0 aliphatic carbocycles. The molecule has 0 radical (unpaired) electrons. The maximum atomic E-state index is 12.2. The first-order valence-corrected chi connectivity index (χ1v) is 7.76. The second kappa shape index (κ2) is 5.74. The molecule has 7 nitrogen and oxygen atoms in total. The number of rotatable bonds is 4. The first kappa shape index (κ1) is 16.2. The molecule has 0 fully saturated rings. The maximum absolute atomic E-state index is 12.2. The Morgan fingerprint density at radius 3 is 2.54 bits per heavy atom. The third-order valence-corrected chi connectivity index (χ3v) is 3.87. The number of aromatic nitrogens is 5. The van der Waals surface area contributed by atoms with E-state index in [0.29, 0.717) is 22.4 Å². The number of nitrogens with one attached hydrogen (secondary N) is 1. The van der Waals surface area contributed by atoms with E-state index in [2.05, 4.69) is 25.4 Å². The molecule has 2 aromatic heterocycles. The van der Waals surface area contributed by atoms with Gasteiger partial charge in [-0.3, -0.25) is 9.59 Å². The summed E-state index contributed by atoms with van der Waals surface area (Å²) in [7, 11) is 0. The molecule has 0 saturated heterocycles. The second-order valence-electron chi connectivity index (χ2n) is 7.00. The van der Waals surface area contributed by atoms with Gasteiger partial charge in [-0.15, -0.1) is 0 Å². The third-order valence-electron chi connectivity index (χ3n) is 3.87. The molecule has 3 aromatic rings. The number of benzene rings is 1. The Morgan fingerprint density at radius 2 is 1.88 bits per heavy atom. The third kappa shape index (κ3) is 3.02. The molecular weight excluding hydrogens is 306 g/mol. The topological polar surface area (TPSA) is 101 Å². The fourth-order valence-corrected chi connectivity index (χ4v) is 2.54. The largest absolute Gasteiger partial charge is 0.300 e. The van der Waals surface area contributed by atoms with Crippen molar-refractivity contribution in [2.45, 2.75) is 40.5 Å². The highest BCUT2D eigenvalue weighted by molar-refractivity contribution is 6.05. The monoisotopic (exact) mass is 325 g/mol. The zero-order chi connectivity index (χ0) is 17.5. The number of nitrogens with zero attached hydrogens (tertiary/aromatic N) is 4. The van der Waals surface area contributed by atoms with Gasteiger partial charge in [0.1, 0.15) is 22.9 Å². The molecular formula is C17H19N5O2. The highest BCUT2D eigenvalue weighted by Crippen LogP contribution is 2.26. The SMILES string of the molecule is CC(=O)Cc1cc2nc(CC(=O)C(C)(C)C)nc2c2cn[nH]nc12. The Kier molecular flexibility index (Phi) is 3.87. The van der Waals surface area contributed by atoms with Crippen molar-refractivity contribution in [3.05, 3.63) is 23.7 Å². The van der Waals surface area contributed by atoms with Crippen molar-refractivity contribution in [1.82, 2.24) is 25.4 Å². The summed E-state index contributed by atoms with van der Waals surface area (Å²) in [4.78, 5) is 32.7. The number of Topliss-reactive ketones (excluding diaryl/α,β-unsaturated/α-hetero) is 2. The molecule has 0 unspecified atom stereocenters. The van der Waals surface area contributed by atoms with Crippen molar-refractivity contribution >= 4 is 33.5 Å². The van der Waals surface area contributed by atoms with Gasteiger partial charge in [0.2, 0.25) is 0 Å². The van der Waals surface area contributed by atoms with Crippen molar-refractivity contribution in [1.29, 1.82) is 0 Å². The van der Waals surface area contributed by atoms with Gasteiger partial charge in [-0.05, 0) is 18.6 Å². The first-order valence-electron chi connectivity index (χ1n) is 7.76. The van der Waals surface area contributed by atoms with Crippen LogP contribution in [-0.4, -0.2) is 36.9 Å². The predicted octanol–water partition coefficient (Wildman–Crippen LogP) is 2.19. The number of hydrogen-bond acceptors (Lipinski definition) is 6. The minimum atomic E-state index is -0.438. The molecule has 1 N–H and O–H groups in total. The molecule has 0 saturated carbocycles. The van der Waals surface area contributed by atoms with Gasteiger partial charge < -0.3 is 0 Å². The highest BCUT2D eigenvalue weighted by atomic mass is 16.1. The minimum Gasteiger partial charge on any atom is -0.300 e. The minimum absolute atomic E-state index is 0.0388. The van der Waals surface area contributed by atoms with Gasteiger partial charge in [0.25, 0.3) is 0 Å². The van der Waals surface area contributed by atoms with Crippen LogP contribution in [-0.2, 0) is 22.4 Å². The lowest BCUT2D eigenvalue weighted by molar-refractivity contribution is -0.125. The molecule has 24 heavy (non-hydrogen) atoms. The van der Waals surface area contributed by atoms with Gasteiger partial charge in [0, 0.05) is 11.8 Å². The van der Waals surface area contributed by atoms with Gasteiger partial charge in [0.15, 0.2) is 0 Å². The average molecular weight is 325 g/mol. The van der Waals surface area contributed by atoms with Crippen molar-refractivity contribution < 1.29 is 9.59 Å². The predicted molar refractivity (Wildman–Crippen MR) is 89.5 cm³/mol. The number of aromatic amines is 1. The summed E-state index contributed by atoms with van der Waals surface area (Å²) in [5.41, 5.74) is 2.30. The number of H-pyrrole nitrogens is 1. The van der Waals surface area contributed by atoms with E-state index in [1.54, 1.807) is 6.20 Å². The molecule has 0 bridgehead atoms. The van der Waals surface area contributed by atoms with Crippen LogP contribution in [0, 0.1) is 5.41 Å². The van der Waals surface area contributed by atoms with Crippen LogP contribution in [0.1, 0.15) is 39.1 Å². The van der Waals surface area contributed by atoms with E-state index >= 15 is 0 Å². The van der Waals surface area contributed by atoms with E-state index < -0.39 is 5.41 Å². The summed E-state index contributed by atoms with van der Waals surface area (Å²) in [6.45, 7) is 7.16. The molecule has 2 heterocycles. The lowest BCUT2D eigenvalue weighted by Crippen LogP contribution is -2.22. The summed E-state index contributed by atoms with van der Waals surface area (Å²) in [6, 6.07) is 1.82. The van der Waals surface area contributed by atoms with Gasteiger partial charge in [-0.2, -0.15) is 15.4 Å². The van der Waals surface area contributed by atoms with Gasteiger partial charge in [-0.1, -0.05) is 20.8 Å². The van der Waals surface area contributed by atoms with Crippen LogP contribution in [0.5, 0.6) is 0 Å². The quantitative estimate of drug-likeness (QED) is 0.789. The molecule has 0 aliphatic heterocycles. The molecule has 1 aromatic carbocycles. The van der Waals surface area contributed by atoms with Crippen LogP contribution in [0.25, 0.3) is 21.9 Å². The summed E-state index contributed by atoms with van der Waals surface area (Å²) in [6.07, 6.45) is 2.07. The van der Waals surface area contributed by atoms with Crippen LogP contribution in [0.15, 0.2) is 12.3 Å². The number of imidazole rings is 1. The van der Waals surface area contributed by atoms with E-state index in [1.807, 2.05) is 26.8 Å². The summed E-state index contributed by atoms with van der Waals surface area (Å²) < 4.78 is 0. The van der Waals surface area contributed by atoms with Crippen LogP contribution in [0.2, 0.25) is 0 Å². The Bertz CT molecular complexity index is 953. The fraction of sp³-hybridized carbons (Fsp3) is 0.412. The van der Waals surface area contributed by atoms with Crippen LogP contribution in [0.4, 0.5) is 0 Å². The van der Waals surface area contributed by atoms with Crippen LogP contribution in [0.3, 0.4) is 0 Å². The smallest absolute Gasteiger partial charge is 0.145 e.